The number of pyridine rings is 1. The van der Waals surface area contributed by atoms with E-state index in [1.807, 2.05) is 0 Å². The Morgan fingerprint density at radius 3 is 2.39 bits per heavy atom. The van der Waals surface area contributed by atoms with Gasteiger partial charge in [0.15, 0.2) is 0 Å². The SMILES string of the molecule is CNS(=O)(=O)c1cnc(N[C@H]2CC[C@@H](C(F)(F)F)CC2)c(-c2cn(C)cn2)c1. The van der Waals surface area contributed by atoms with Crippen molar-refractivity contribution in [2.75, 3.05) is 12.4 Å². The van der Waals surface area contributed by atoms with Gasteiger partial charge in [0.2, 0.25) is 10.0 Å². The van der Waals surface area contributed by atoms with E-state index in [4.69, 9.17) is 0 Å². The van der Waals surface area contributed by atoms with Gasteiger partial charge in [0.05, 0.1) is 17.9 Å². The van der Waals surface area contributed by atoms with Crippen LogP contribution < -0.4 is 10.0 Å². The maximum atomic E-state index is 12.9. The zero-order valence-corrected chi connectivity index (χ0v) is 16.3. The molecule has 0 atom stereocenters. The van der Waals surface area contributed by atoms with Gasteiger partial charge in [-0.05, 0) is 38.8 Å². The number of aryl methyl sites for hydroxylation is 1. The average Bonchev–Trinajstić information content (AvgIpc) is 3.08. The van der Waals surface area contributed by atoms with E-state index in [2.05, 4.69) is 20.0 Å². The molecule has 0 spiro atoms. The summed E-state index contributed by atoms with van der Waals surface area (Å²) in [6, 6.07) is 1.30. The minimum Gasteiger partial charge on any atom is -0.367 e. The van der Waals surface area contributed by atoms with Crippen LogP contribution in [0.5, 0.6) is 0 Å². The predicted octanol–water partition coefficient (Wildman–Crippen LogP) is 2.92. The van der Waals surface area contributed by atoms with Crippen LogP contribution in [0.1, 0.15) is 25.7 Å². The highest BCUT2D eigenvalue weighted by Gasteiger charge is 2.41. The minimum absolute atomic E-state index is 0.0121. The number of nitrogens with zero attached hydrogens (tertiary/aromatic N) is 3. The van der Waals surface area contributed by atoms with E-state index in [-0.39, 0.29) is 23.8 Å². The van der Waals surface area contributed by atoms with Crippen molar-refractivity contribution in [3.63, 3.8) is 0 Å². The summed E-state index contributed by atoms with van der Waals surface area (Å²) in [6.07, 6.45) is 1.21. The van der Waals surface area contributed by atoms with Gasteiger partial charge in [0.25, 0.3) is 0 Å². The van der Waals surface area contributed by atoms with Gasteiger partial charge in [-0.1, -0.05) is 0 Å². The van der Waals surface area contributed by atoms with Crippen LogP contribution in [0, 0.1) is 5.92 Å². The summed E-state index contributed by atoms with van der Waals surface area (Å²) in [5, 5.41) is 3.18. The van der Waals surface area contributed by atoms with Crippen LogP contribution in [-0.4, -0.2) is 42.2 Å². The van der Waals surface area contributed by atoms with E-state index in [1.54, 1.807) is 24.1 Å². The van der Waals surface area contributed by atoms with E-state index in [9.17, 15) is 21.6 Å². The number of hydrogen-bond acceptors (Lipinski definition) is 5. The zero-order chi connectivity index (χ0) is 20.5. The number of nitrogens with one attached hydrogen (secondary N) is 2. The molecule has 2 N–H and O–H groups in total. The normalized spacial score (nSPS) is 20.9. The fourth-order valence-corrected chi connectivity index (χ4v) is 4.03. The number of hydrogen-bond donors (Lipinski definition) is 2. The smallest absolute Gasteiger partial charge is 0.367 e. The van der Waals surface area contributed by atoms with Gasteiger partial charge in [0, 0.05) is 31.0 Å². The molecule has 7 nitrogen and oxygen atoms in total. The molecule has 11 heteroatoms. The van der Waals surface area contributed by atoms with Gasteiger partial charge in [-0.25, -0.2) is 23.1 Å². The molecule has 0 radical (unpaired) electrons. The second-order valence-electron chi connectivity index (χ2n) is 6.93. The molecule has 154 valence electrons. The highest BCUT2D eigenvalue weighted by atomic mass is 32.2. The molecule has 2 aromatic rings. The van der Waals surface area contributed by atoms with E-state index in [1.165, 1.54) is 19.3 Å². The number of halogens is 3. The summed E-state index contributed by atoms with van der Waals surface area (Å²) in [5.41, 5.74) is 1.00. The van der Waals surface area contributed by atoms with Crippen molar-refractivity contribution in [1.82, 2.24) is 19.3 Å². The highest BCUT2D eigenvalue weighted by molar-refractivity contribution is 7.89. The Morgan fingerprint density at radius 1 is 1.18 bits per heavy atom. The predicted molar refractivity (Wildman–Crippen MR) is 98.1 cm³/mol. The fraction of sp³-hybridized carbons (Fsp3) is 0.529. The molecule has 0 unspecified atom stereocenters. The highest BCUT2D eigenvalue weighted by Crippen LogP contribution is 2.38. The third-order valence-electron chi connectivity index (χ3n) is 4.95. The van der Waals surface area contributed by atoms with E-state index < -0.39 is 22.1 Å². The van der Waals surface area contributed by atoms with Crippen molar-refractivity contribution in [3.8, 4) is 11.3 Å². The van der Waals surface area contributed by atoms with Crippen LogP contribution in [0.25, 0.3) is 11.3 Å². The van der Waals surface area contributed by atoms with Gasteiger partial charge in [0.1, 0.15) is 10.7 Å². The van der Waals surface area contributed by atoms with Crippen molar-refractivity contribution >= 4 is 15.8 Å². The standard InChI is InChI=1S/C17H22F3N5O2S/c1-21-28(26,27)13-7-14(15-9-25(2)10-23-15)16(22-8-13)24-12-5-3-11(4-6-12)17(18,19)20/h7-12,21H,3-6H2,1-2H3,(H,22,24)/t11-,12+. The van der Waals surface area contributed by atoms with Crippen LogP contribution in [0.4, 0.5) is 19.0 Å². The van der Waals surface area contributed by atoms with Crippen LogP contribution in [0.15, 0.2) is 29.7 Å². The third-order valence-corrected chi connectivity index (χ3v) is 6.33. The van der Waals surface area contributed by atoms with Crippen molar-refractivity contribution in [2.45, 2.75) is 42.8 Å². The maximum absolute atomic E-state index is 12.9. The molecule has 2 heterocycles. The zero-order valence-electron chi connectivity index (χ0n) is 15.5. The molecule has 1 aliphatic carbocycles. The molecule has 0 bridgehead atoms. The fourth-order valence-electron chi connectivity index (χ4n) is 3.33. The summed E-state index contributed by atoms with van der Waals surface area (Å²) in [7, 11) is -0.607. The van der Waals surface area contributed by atoms with Gasteiger partial charge in [-0.3, -0.25) is 0 Å². The third kappa shape index (κ3) is 4.46. The molecule has 0 aliphatic heterocycles. The molecule has 28 heavy (non-hydrogen) atoms. The first-order valence-corrected chi connectivity index (χ1v) is 10.3. The molecular formula is C17H22F3N5O2S. The Bertz CT molecular complexity index is 935. The Labute approximate surface area is 161 Å². The first-order chi connectivity index (χ1) is 13.1. The first-order valence-electron chi connectivity index (χ1n) is 8.85. The summed E-state index contributed by atoms with van der Waals surface area (Å²) in [4.78, 5) is 8.48. The van der Waals surface area contributed by atoms with Gasteiger partial charge in [-0.15, -0.1) is 0 Å². The number of alkyl halides is 3. The quantitative estimate of drug-likeness (QED) is 0.781. The lowest BCUT2D eigenvalue weighted by molar-refractivity contribution is -0.182. The van der Waals surface area contributed by atoms with Gasteiger partial charge in [-0.2, -0.15) is 13.2 Å². The number of aromatic nitrogens is 3. The molecule has 1 aliphatic rings. The minimum atomic E-state index is -4.16. The number of imidazole rings is 1. The van der Waals surface area contributed by atoms with Gasteiger partial charge < -0.3 is 9.88 Å². The largest absolute Gasteiger partial charge is 0.391 e. The molecular weight excluding hydrogens is 395 g/mol. The van der Waals surface area contributed by atoms with Crippen LogP contribution in [-0.2, 0) is 17.1 Å². The molecule has 1 saturated carbocycles. The Kier molecular flexibility index (Phi) is 5.67. The molecule has 1 fully saturated rings. The molecule has 2 aromatic heterocycles. The van der Waals surface area contributed by atoms with Crippen LogP contribution in [0.3, 0.4) is 0 Å². The summed E-state index contributed by atoms with van der Waals surface area (Å²) in [5.74, 6) is -0.860. The van der Waals surface area contributed by atoms with Crippen molar-refractivity contribution < 1.29 is 21.6 Å². The second kappa shape index (κ2) is 7.70. The second-order valence-corrected chi connectivity index (χ2v) is 8.82. The topological polar surface area (TPSA) is 88.9 Å². The number of sulfonamides is 1. The monoisotopic (exact) mass is 417 g/mol. The summed E-state index contributed by atoms with van der Waals surface area (Å²) in [6.45, 7) is 0. The lowest BCUT2D eigenvalue weighted by Gasteiger charge is -2.31. The Morgan fingerprint density at radius 2 is 1.86 bits per heavy atom. The van der Waals surface area contributed by atoms with Gasteiger partial charge >= 0.3 is 6.18 Å². The van der Waals surface area contributed by atoms with E-state index >= 15 is 0 Å². The lowest BCUT2D eigenvalue weighted by atomic mass is 9.85. The Balaban J connectivity index is 1.87. The summed E-state index contributed by atoms with van der Waals surface area (Å²) < 4.78 is 66.8. The molecule has 0 amide bonds. The van der Waals surface area contributed by atoms with Crippen molar-refractivity contribution in [3.05, 3.63) is 24.8 Å². The maximum Gasteiger partial charge on any atom is 0.391 e. The van der Waals surface area contributed by atoms with E-state index in [0.29, 0.717) is 29.9 Å². The number of rotatable bonds is 5. The van der Waals surface area contributed by atoms with Crippen LogP contribution in [0.2, 0.25) is 0 Å². The average molecular weight is 417 g/mol. The van der Waals surface area contributed by atoms with Crippen molar-refractivity contribution in [1.29, 1.82) is 0 Å². The molecule has 0 saturated heterocycles. The molecule has 3 rings (SSSR count). The van der Waals surface area contributed by atoms with E-state index in [0.717, 1.165) is 0 Å². The van der Waals surface area contributed by atoms with Crippen LogP contribution >= 0.6 is 0 Å². The number of anilines is 1. The first kappa shape index (κ1) is 20.6. The van der Waals surface area contributed by atoms with Crippen molar-refractivity contribution in [2.24, 2.45) is 13.0 Å². The lowest BCUT2D eigenvalue weighted by Crippen LogP contribution is -2.33. The Hall–Kier alpha value is -2.14. The molecule has 0 aromatic carbocycles. The summed E-state index contributed by atoms with van der Waals surface area (Å²) >= 11 is 0.